The first kappa shape index (κ1) is 14.8. The van der Waals surface area contributed by atoms with Crippen molar-refractivity contribution < 1.29 is 19.0 Å². The van der Waals surface area contributed by atoms with Gasteiger partial charge in [-0.05, 0) is 50.2 Å². The maximum absolute atomic E-state index is 13.8. The summed E-state index contributed by atoms with van der Waals surface area (Å²) in [6.45, 7) is 3.84. The minimum Gasteiger partial charge on any atom is -0.491 e. The van der Waals surface area contributed by atoms with Crippen LogP contribution in [0.3, 0.4) is 0 Å². The third-order valence-corrected chi connectivity index (χ3v) is 2.74. The fourth-order valence-electron chi connectivity index (χ4n) is 1.86. The predicted molar refractivity (Wildman–Crippen MR) is 78.8 cm³/mol. The van der Waals surface area contributed by atoms with Gasteiger partial charge < -0.3 is 15.2 Å². The van der Waals surface area contributed by atoms with Crippen LogP contribution in [-0.4, -0.2) is 17.2 Å². The van der Waals surface area contributed by atoms with Crippen LogP contribution < -0.4 is 10.1 Å². The van der Waals surface area contributed by atoms with Crippen LogP contribution in [0, 0.1) is 5.82 Å². The number of benzene rings is 2. The zero-order valence-electron chi connectivity index (χ0n) is 11.8. The lowest BCUT2D eigenvalue weighted by molar-refractivity contribution is 0.0697. The lowest BCUT2D eigenvalue weighted by Gasteiger charge is -2.13. The molecule has 0 atom stereocenters. The first-order valence-electron chi connectivity index (χ1n) is 6.53. The second-order valence-corrected chi connectivity index (χ2v) is 4.78. The summed E-state index contributed by atoms with van der Waals surface area (Å²) in [5, 5.41) is 11.9. The molecule has 2 aromatic carbocycles. The van der Waals surface area contributed by atoms with E-state index in [0.717, 1.165) is 0 Å². The summed E-state index contributed by atoms with van der Waals surface area (Å²) in [4.78, 5) is 11.1. The number of anilines is 2. The molecule has 21 heavy (non-hydrogen) atoms. The molecule has 0 aliphatic carbocycles. The van der Waals surface area contributed by atoms with Gasteiger partial charge in [-0.1, -0.05) is 6.07 Å². The van der Waals surface area contributed by atoms with Gasteiger partial charge in [0.25, 0.3) is 0 Å². The van der Waals surface area contributed by atoms with Crippen LogP contribution in [0.5, 0.6) is 5.75 Å². The summed E-state index contributed by atoms with van der Waals surface area (Å²) in [5.41, 5.74) is 0.416. The molecule has 0 aliphatic heterocycles. The van der Waals surface area contributed by atoms with E-state index in [1.54, 1.807) is 24.3 Å². The SMILES string of the molecule is CC(C)Oc1ccc(Nc2c(F)cccc2C(=O)O)cc1. The molecule has 110 valence electrons. The molecule has 2 N–H and O–H groups in total. The van der Waals surface area contributed by atoms with Crippen molar-refractivity contribution >= 4 is 17.3 Å². The van der Waals surface area contributed by atoms with Gasteiger partial charge in [-0.2, -0.15) is 0 Å². The number of hydrogen-bond acceptors (Lipinski definition) is 3. The monoisotopic (exact) mass is 289 g/mol. The quantitative estimate of drug-likeness (QED) is 0.871. The van der Waals surface area contributed by atoms with Gasteiger partial charge in [0.05, 0.1) is 17.4 Å². The number of rotatable bonds is 5. The Morgan fingerprint density at radius 1 is 1.19 bits per heavy atom. The van der Waals surface area contributed by atoms with Crippen molar-refractivity contribution in [2.45, 2.75) is 20.0 Å². The molecular formula is C16H16FNO3. The number of carboxylic acid groups (broad SMARTS) is 1. The Bertz CT molecular complexity index is 638. The van der Waals surface area contributed by atoms with Crippen molar-refractivity contribution in [1.82, 2.24) is 0 Å². The highest BCUT2D eigenvalue weighted by Crippen LogP contribution is 2.26. The topological polar surface area (TPSA) is 58.6 Å². The summed E-state index contributed by atoms with van der Waals surface area (Å²) in [7, 11) is 0. The second-order valence-electron chi connectivity index (χ2n) is 4.78. The van der Waals surface area contributed by atoms with Gasteiger partial charge in [-0.15, -0.1) is 0 Å². The minimum absolute atomic E-state index is 0.0532. The summed E-state index contributed by atoms with van der Waals surface area (Å²) >= 11 is 0. The van der Waals surface area contributed by atoms with E-state index in [1.165, 1.54) is 18.2 Å². The van der Waals surface area contributed by atoms with E-state index in [9.17, 15) is 9.18 Å². The number of aromatic carboxylic acids is 1. The number of halogens is 1. The molecule has 0 aromatic heterocycles. The van der Waals surface area contributed by atoms with Crippen molar-refractivity contribution in [1.29, 1.82) is 0 Å². The lowest BCUT2D eigenvalue weighted by Crippen LogP contribution is -2.06. The maximum atomic E-state index is 13.8. The molecule has 0 aliphatic rings. The van der Waals surface area contributed by atoms with E-state index >= 15 is 0 Å². The van der Waals surface area contributed by atoms with E-state index in [-0.39, 0.29) is 17.4 Å². The first-order chi connectivity index (χ1) is 9.97. The Kier molecular flexibility index (Phi) is 4.42. The van der Waals surface area contributed by atoms with Crippen LogP contribution in [0.2, 0.25) is 0 Å². The largest absolute Gasteiger partial charge is 0.491 e. The maximum Gasteiger partial charge on any atom is 0.337 e. The van der Waals surface area contributed by atoms with Crippen LogP contribution in [-0.2, 0) is 0 Å². The Hall–Kier alpha value is -2.56. The molecule has 0 amide bonds. The highest BCUT2D eigenvalue weighted by atomic mass is 19.1. The molecule has 0 spiro atoms. The molecule has 0 unspecified atom stereocenters. The number of carboxylic acids is 1. The summed E-state index contributed by atoms with van der Waals surface area (Å²) < 4.78 is 19.3. The van der Waals surface area contributed by atoms with E-state index < -0.39 is 11.8 Å². The smallest absolute Gasteiger partial charge is 0.337 e. The van der Waals surface area contributed by atoms with E-state index in [2.05, 4.69) is 5.32 Å². The molecule has 0 saturated carbocycles. The van der Waals surface area contributed by atoms with Crippen LogP contribution >= 0.6 is 0 Å². The average Bonchev–Trinajstić information content (AvgIpc) is 2.42. The molecule has 0 saturated heterocycles. The molecule has 2 aromatic rings. The molecule has 4 nitrogen and oxygen atoms in total. The fraction of sp³-hybridized carbons (Fsp3) is 0.188. The Morgan fingerprint density at radius 2 is 1.86 bits per heavy atom. The number of hydrogen-bond donors (Lipinski definition) is 2. The van der Waals surface area contributed by atoms with Crippen molar-refractivity contribution in [3.8, 4) is 5.75 Å². The lowest BCUT2D eigenvalue weighted by atomic mass is 10.1. The van der Waals surface area contributed by atoms with Crippen molar-refractivity contribution in [2.24, 2.45) is 0 Å². The normalized spacial score (nSPS) is 10.5. The van der Waals surface area contributed by atoms with Crippen LogP contribution in [0.4, 0.5) is 15.8 Å². The number of nitrogens with one attached hydrogen (secondary N) is 1. The molecule has 0 bridgehead atoms. The van der Waals surface area contributed by atoms with Gasteiger partial charge >= 0.3 is 5.97 Å². The van der Waals surface area contributed by atoms with Gasteiger partial charge in [0, 0.05) is 5.69 Å². The highest BCUT2D eigenvalue weighted by molar-refractivity contribution is 5.95. The standard InChI is InChI=1S/C16H16FNO3/c1-10(2)21-12-8-6-11(7-9-12)18-15-13(16(19)20)4-3-5-14(15)17/h3-10,18H,1-2H3,(H,19,20). The van der Waals surface area contributed by atoms with Gasteiger partial charge in [0.15, 0.2) is 0 Å². The zero-order chi connectivity index (χ0) is 15.4. The highest BCUT2D eigenvalue weighted by Gasteiger charge is 2.14. The molecule has 2 rings (SSSR count). The minimum atomic E-state index is -1.18. The third-order valence-electron chi connectivity index (χ3n) is 2.74. The molecule has 0 heterocycles. The third kappa shape index (κ3) is 3.72. The average molecular weight is 289 g/mol. The van der Waals surface area contributed by atoms with Crippen LogP contribution in [0.25, 0.3) is 0 Å². The predicted octanol–water partition coefficient (Wildman–Crippen LogP) is 4.05. The van der Waals surface area contributed by atoms with E-state index in [0.29, 0.717) is 11.4 Å². The van der Waals surface area contributed by atoms with E-state index in [4.69, 9.17) is 9.84 Å². The number of carbonyl (C=O) groups is 1. The van der Waals surface area contributed by atoms with E-state index in [1.807, 2.05) is 13.8 Å². The number of ether oxygens (including phenoxy) is 1. The Labute approximate surface area is 122 Å². The Balaban J connectivity index is 2.24. The van der Waals surface area contributed by atoms with Crippen LogP contribution in [0.1, 0.15) is 24.2 Å². The molecular weight excluding hydrogens is 273 g/mol. The van der Waals surface area contributed by atoms with Crippen molar-refractivity contribution in [3.63, 3.8) is 0 Å². The number of para-hydroxylation sites is 1. The second kappa shape index (κ2) is 6.26. The molecule has 5 heteroatoms. The Morgan fingerprint density at radius 3 is 2.43 bits per heavy atom. The van der Waals surface area contributed by atoms with Gasteiger partial charge in [-0.3, -0.25) is 0 Å². The summed E-state index contributed by atoms with van der Waals surface area (Å²) in [6, 6.07) is 10.8. The van der Waals surface area contributed by atoms with Crippen molar-refractivity contribution in [3.05, 3.63) is 53.8 Å². The first-order valence-corrected chi connectivity index (χ1v) is 6.53. The zero-order valence-corrected chi connectivity index (χ0v) is 11.8. The van der Waals surface area contributed by atoms with Crippen molar-refractivity contribution in [2.75, 3.05) is 5.32 Å². The van der Waals surface area contributed by atoms with Crippen LogP contribution in [0.15, 0.2) is 42.5 Å². The fourth-order valence-corrected chi connectivity index (χ4v) is 1.86. The van der Waals surface area contributed by atoms with Gasteiger partial charge in [-0.25, -0.2) is 9.18 Å². The summed E-state index contributed by atoms with van der Waals surface area (Å²) in [6.07, 6.45) is 0.0639. The summed E-state index contributed by atoms with van der Waals surface area (Å²) in [5.74, 6) is -1.10. The molecule has 0 fully saturated rings. The van der Waals surface area contributed by atoms with Gasteiger partial charge in [0.2, 0.25) is 0 Å². The van der Waals surface area contributed by atoms with Gasteiger partial charge in [0.1, 0.15) is 11.6 Å². The molecule has 0 radical (unpaired) electrons.